The Morgan fingerprint density at radius 1 is 1.08 bits per heavy atom. The van der Waals surface area contributed by atoms with Gasteiger partial charge >= 0.3 is 0 Å². The molecule has 0 saturated heterocycles. The Morgan fingerprint density at radius 2 is 1.71 bits per heavy atom. The van der Waals surface area contributed by atoms with E-state index in [1.807, 2.05) is 0 Å². The summed E-state index contributed by atoms with van der Waals surface area (Å²) in [7, 11) is 2.60. The number of ether oxygens (including phenoxy) is 2. The van der Waals surface area contributed by atoms with Gasteiger partial charge in [0.2, 0.25) is 10.0 Å². The lowest BCUT2D eigenvalue weighted by Gasteiger charge is -2.21. The van der Waals surface area contributed by atoms with Crippen LogP contribution in [0.25, 0.3) is 0 Å². The molecule has 1 heterocycles. The van der Waals surface area contributed by atoms with E-state index in [0.29, 0.717) is 33.9 Å². The minimum atomic E-state index is -3.75. The molecule has 0 bridgehead atoms. The van der Waals surface area contributed by atoms with Crippen molar-refractivity contribution in [1.29, 1.82) is 0 Å². The average molecular weight is 544 g/mol. The molecule has 38 heavy (non-hydrogen) atoms. The molecule has 0 saturated carbocycles. The van der Waals surface area contributed by atoms with E-state index in [9.17, 15) is 18.0 Å². The van der Waals surface area contributed by atoms with E-state index in [1.165, 1.54) is 29.6 Å². The molecule has 0 aliphatic heterocycles. The summed E-state index contributed by atoms with van der Waals surface area (Å²) in [4.78, 5) is 30.5. The van der Waals surface area contributed by atoms with Gasteiger partial charge in [0, 0.05) is 39.1 Å². The molecule has 0 aliphatic rings. The fourth-order valence-electron chi connectivity index (χ4n) is 3.84. The van der Waals surface area contributed by atoms with Gasteiger partial charge in [0.1, 0.15) is 18.1 Å². The number of aromatic nitrogens is 2. The van der Waals surface area contributed by atoms with Gasteiger partial charge in [-0.25, -0.2) is 13.4 Å². The summed E-state index contributed by atoms with van der Waals surface area (Å²) in [6, 6.07) is 10.2. The zero-order valence-corrected chi connectivity index (χ0v) is 23.2. The third-order valence-electron chi connectivity index (χ3n) is 6.05. The van der Waals surface area contributed by atoms with Gasteiger partial charge in [-0.15, -0.1) is 0 Å². The van der Waals surface area contributed by atoms with Crippen LogP contribution in [0.15, 0.2) is 53.8 Å². The summed E-state index contributed by atoms with van der Waals surface area (Å²) in [6.45, 7) is 3.35. The molecule has 2 aromatic carbocycles. The zero-order chi connectivity index (χ0) is 28.0. The number of likely N-dealkylation sites (N-methyl/N-ethyl adjacent to an activating group) is 2. The van der Waals surface area contributed by atoms with Crippen molar-refractivity contribution in [2.45, 2.75) is 18.7 Å². The maximum absolute atomic E-state index is 13.1. The number of hydrogen-bond donors (Lipinski definition) is 1. The second-order valence-electron chi connectivity index (χ2n) is 8.81. The van der Waals surface area contributed by atoms with Crippen LogP contribution in [0, 0.1) is 13.8 Å². The molecular weight excluding hydrogens is 510 g/mol. The van der Waals surface area contributed by atoms with Gasteiger partial charge in [-0.1, -0.05) is 0 Å². The molecule has 3 rings (SSSR count). The van der Waals surface area contributed by atoms with Crippen LogP contribution >= 0.6 is 0 Å². The lowest BCUT2D eigenvalue weighted by atomic mass is 10.1. The maximum Gasteiger partial charge on any atom is 0.273 e. The van der Waals surface area contributed by atoms with Crippen molar-refractivity contribution in [2.24, 2.45) is 7.05 Å². The fraction of sp³-hybridized carbons (Fsp3) is 0.346. The number of methoxy groups -OCH3 is 1. The van der Waals surface area contributed by atoms with Crippen LogP contribution in [0.1, 0.15) is 21.6 Å². The van der Waals surface area contributed by atoms with Crippen molar-refractivity contribution in [3.05, 3.63) is 65.7 Å². The van der Waals surface area contributed by atoms with E-state index in [2.05, 4.69) is 10.3 Å². The smallest absolute Gasteiger partial charge is 0.273 e. The van der Waals surface area contributed by atoms with E-state index in [4.69, 9.17) is 9.47 Å². The number of carbonyl (C=O) groups is 2. The SMILES string of the molecule is COc1cc(C)c(S(=O)(=O)N(C)CCOCC(=O)N(C)c2ccc(NC(=O)c3cncn3C)cc2)c(C)c1. The third-order valence-corrected chi connectivity index (χ3v) is 8.21. The molecule has 0 radical (unpaired) electrons. The third kappa shape index (κ3) is 6.57. The number of imidazole rings is 1. The Hall–Kier alpha value is -3.74. The molecule has 0 unspecified atom stereocenters. The first-order valence-electron chi connectivity index (χ1n) is 11.8. The second kappa shape index (κ2) is 12.2. The molecule has 11 nitrogen and oxygen atoms in total. The van der Waals surface area contributed by atoms with Gasteiger partial charge < -0.3 is 24.3 Å². The standard InChI is InChI=1S/C26H33N5O6S/c1-18-13-22(36-6)14-19(2)25(18)38(34,35)30(4)11-12-37-16-24(32)31(5)21-9-7-20(8-10-21)28-26(33)23-15-27-17-29(23)3/h7-10,13-15,17H,11-12,16H2,1-6H3,(H,28,33). The molecule has 0 aliphatic carbocycles. The Balaban J connectivity index is 1.50. The summed E-state index contributed by atoms with van der Waals surface area (Å²) in [5.41, 5.74) is 2.79. The van der Waals surface area contributed by atoms with E-state index in [-0.39, 0.29) is 36.5 Å². The first kappa shape index (κ1) is 28.8. The summed E-state index contributed by atoms with van der Waals surface area (Å²) in [5, 5.41) is 2.78. The topological polar surface area (TPSA) is 123 Å². The summed E-state index contributed by atoms with van der Waals surface area (Å²) in [6.07, 6.45) is 3.02. The highest BCUT2D eigenvalue weighted by Gasteiger charge is 2.25. The molecule has 0 atom stereocenters. The molecule has 0 fully saturated rings. The summed E-state index contributed by atoms with van der Waals surface area (Å²) in [5.74, 6) is 0.000483. The fourth-order valence-corrected chi connectivity index (χ4v) is 5.40. The molecular formula is C26H33N5O6S. The van der Waals surface area contributed by atoms with Gasteiger partial charge in [0.25, 0.3) is 11.8 Å². The molecule has 12 heteroatoms. The summed E-state index contributed by atoms with van der Waals surface area (Å²) < 4.78 is 39.7. The molecule has 0 spiro atoms. The van der Waals surface area contributed by atoms with Gasteiger partial charge in [-0.2, -0.15) is 4.31 Å². The number of amides is 2. The monoisotopic (exact) mass is 543 g/mol. The quantitative estimate of drug-likeness (QED) is 0.369. The number of carbonyl (C=O) groups excluding carboxylic acids is 2. The number of rotatable bonds is 11. The minimum Gasteiger partial charge on any atom is -0.497 e. The average Bonchev–Trinajstić information content (AvgIpc) is 3.31. The van der Waals surface area contributed by atoms with Crippen LogP contribution in [-0.2, 0) is 26.6 Å². The first-order valence-corrected chi connectivity index (χ1v) is 13.2. The summed E-state index contributed by atoms with van der Waals surface area (Å²) >= 11 is 0. The Labute approximate surface area is 223 Å². The number of sulfonamides is 1. The van der Waals surface area contributed by atoms with Crippen molar-refractivity contribution in [2.75, 3.05) is 51.2 Å². The Bertz CT molecular complexity index is 1380. The zero-order valence-electron chi connectivity index (χ0n) is 22.4. The highest BCUT2D eigenvalue weighted by atomic mass is 32.2. The van der Waals surface area contributed by atoms with Crippen molar-refractivity contribution < 1.29 is 27.5 Å². The number of aryl methyl sites for hydroxylation is 3. The first-order chi connectivity index (χ1) is 17.9. The van der Waals surface area contributed by atoms with Gasteiger partial charge in [-0.05, 0) is 61.4 Å². The Kier molecular flexibility index (Phi) is 9.26. The number of hydrogen-bond acceptors (Lipinski definition) is 7. The van der Waals surface area contributed by atoms with Gasteiger partial charge in [-0.3, -0.25) is 9.59 Å². The maximum atomic E-state index is 13.1. The second-order valence-corrected chi connectivity index (χ2v) is 10.8. The van der Waals surface area contributed by atoms with Gasteiger partial charge in [0.05, 0.1) is 31.1 Å². The lowest BCUT2D eigenvalue weighted by molar-refractivity contribution is -0.122. The largest absolute Gasteiger partial charge is 0.497 e. The predicted molar refractivity (Wildman–Crippen MR) is 144 cm³/mol. The van der Waals surface area contributed by atoms with Crippen LogP contribution < -0.4 is 15.0 Å². The highest BCUT2D eigenvalue weighted by Crippen LogP contribution is 2.27. The van der Waals surface area contributed by atoms with Crippen molar-refractivity contribution in [3.8, 4) is 5.75 Å². The van der Waals surface area contributed by atoms with Crippen LogP contribution in [0.3, 0.4) is 0 Å². The minimum absolute atomic E-state index is 0.0442. The van der Waals surface area contributed by atoms with E-state index >= 15 is 0 Å². The molecule has 1 N–H and O–H groups in total. The van der Waals surface area contributed by atoms with Crippen LogP contribution in [0.5, 0.6) is 5.75 Å². The van der Waals surface area contributed by atoms with Gasteiger partial charge in [0.15, 0.2) is 0 Å². The van der Waals surface area contributed by atoms with Crippen molar-refractivity contribution in [3.63, 3.8) is 0 Å². The molecule has 1 aromatic heterocycles. The number of anilines is 2. The normalized spacial score (nSPS) is 11.4. The predicted octanol–water partition coefficient (Wildman–Crippen LogP) is 2.60. The molecule has 204 valence electrons. The van der Waals surface area contributed by atoms with Crippen molar-refractivity contribution >= 4 is 33.2 Å². The van der Waals surface area contributed by atoms with E-state index in [1.54, 1.807) is 75.2 Å². The van der Waals surface area contributed by atoms with E-state index in [0.717, 1.165) is 0 Å². The lowest BCUT2D eigenvalue weighted by Crippen LogP contribution is -2.34. The number of benzene rings is 2. The van der Waals surface area contributed by atoms with Crippen LogP contribution in [-0.4, -0.2) is 75.1 Å². The van der Waals surface area contributed by atoms with Crippen LogP contribution in [0.2, 0.25) is 0 Å². The van der Waals surface area contributed by atoms with E-state index < -0.39 is 10.0 Å². The van der Waals surface area contributed by atoms with Crippen LogP contribution in [0.4, 0.5) is 11.4 Å². The number of nitrogens with one attached hydrogen (secondary N) is 1. The Morgan fingerprint density at radius 3 is 2.26 bits per heavy atom. The molecule has 3 aromatic rings. The molecule has 2 amide bonds. The van der Waals surface area contributed by atoms with Crippen molar-refractivity contribution in [1.82, 2.24) is 13.9 Å². The number of nitrogens with zero attached hydrogens (tertiary/aromatic N) is 4. The highest BCUT2D eigenvalue weighted by molar-refractivity contribution is 7.89.